The lowest BCUT2D eigenvalue weighted by molar-refractivity contribution is 0.0698. The van der Waals surface area contributed by atoms with Crippen LogP contribution in [-0.4, -0.2) is 68.0 Å². The number of carbonyl (C=O) groups excluding carboxylic acids is 1. The minimum Gasteiger partial charge on any atom is -0.372 e. The summed E-state index contributed by atoms with van der Waals surface area (Å²) >= 11 is 0. The third-order valence-electron chi connectivity index (χ3n) is 5.73. The third kappa shape index (κ3) is 4.93. The van der Waals surface area contributed by atoms with Crippen molar-refractivity contribution in [2.45, 2.75) is 45.4 Å². The van der Waals surface area contributed by atoms with E-state index in [0.29, 0.717) is 24.3 Å². The van der Waals surface area contributed by atoms with Gasteiger partial charge in [0.15, 0.2) is 5.76 Å². The quantitative estimate of drug-likeness (QED) is 0.617. The van der Waals surface area contributed by atoms with Crippen LogP contribution >= 0.6 is 0 Å². The van der Waals surface area contributed by atoms with E-state index in [0.717, 1.165) is 31.6 Å². The molecule has 1 aliphatic rings. The zero-order valence-electron chi connectivity index (χ0n) is 18.8. The molecule has 0 saturated carbocycles. The highest BCUT2D eigenvalue weighted by atomic mass is 32.2. The van der Waals surface area contributed by atoms with Crippen molar-refractivity contribution < 1.29 is 17.7 Å². The number of nitrogens with zero attached hydrogens (tertiary/aromatic N) is 4. The maximum atomic E-state index is 13.0. The van der Waals surface area contributed by atoms with Crippen molar-refractivity contribution in [2.75, 3.05) is 44.2 Å². The molecule has 170 valence electrons. The van der Waals surface area contributed by atoms with Gasteiger partial charge in [-0.3, -0.25) is 4.79 Å². The van der Waals surface area contributed by atoms with Crippen LogP contribution in [0.3, 0.4) is 0 Å². The molecule has 0 atom stereocenters. The zero-order valence-corrected chi connectivity index (χ0v) is 19.6. The van der Waals surface area contributed by atoms with Gasteiger partial charge in [0.25, 0.3) is 5.91 Å². The Morgan fingerprint density at radius 2 is 1.74 bits per heavy atom. The minimum absolute atomic E-state index is 0.0717. The number of piperazine rings is 1. The first-order valence-electron chi connectivity index (χ1n) is 10.9. The van der Waals surface area contributed by atoms with E-state index in [2.05, 4.69) is 23.9 Å². The maximum Gasteiger partial charge on any atom is 0.253 e. The molecule has 0 unspecified atom stereocenters. The van der Waals surface area contributed by atoms with Crippen LogP contribution in [0.2, 0.25) is 0 Å². The summed E-state index contributed by atoms with van der Waals surface area (Å²) in [6, 6.07) is 7.70. The van der Waals surface area contributed by atoms with Gasteiger partial charge in [0.05, 0.1) is 0 Å². The van der Waals surface area contributed by atoms with Gasteiger partial charge in [0.2, 0.25) is 10.0 Å². The highest BCUT2D eigenvalue weighted by Crippen LogP contribution is 2.25. The fourth-order valence-electron chi connectivity index (χ4n) is 3.92. The van der Waals surface area contributed by atoms with Gasteiger partial charge in [-0.1, -0.05) is 18.5 Å². The lowest BCUT2D eigenvalue weighted by atomic mass is 10.1. The van der Waals surface area contributed by atoms with E-state index in [-0.39, 0.29) is 29.7 Å². The van der Waals surface area contributed by atoms with Crippen LogP contribution in [0, 0.1) is 13.8 Å². The predicted molar refractivity (Wildman–Crippen MR) is 120 cm³/mol. The van der Waals surface area contributed by atoms with E-state index in [4.69, 9.17) is 4.52 Å². The molecular weight excluding hydrogens is 416 g/mol. The van der Waals surface area contributed by atoms with Gasteiger partial charge in [0.1, 0.15) is 10.6 Å². The summed E-state index contributed by atoms with van der Waals surface area (Å²) in [5, 5.41) is 3.75. The molecule has 0 bridgehead atoms. The van der Waals surface area contributed by atoms with Crippen molar-refractivity contribution >= 4 is 21.6 Å². The number of benzene rings is 1. The van der Waals surface area contributed by atoms with Gasteiger partial charge in [-0.15, -0.1) is 0 Å². The molecule has 0 spiro atoms. The largest absolute Gasteiger partial charge is 0.372 e. The molecule has 0 N–H and O–H groups in total. The number of hydrogen-bond acceptors (Lipinski definition) is 6. The highest BCUT2D eigenvalue weighted by molar-refractivity contribution is 7.89. The number of unbranched alkanes of at least 4 members (excludes halogenated alkanes) is 1. The number of carbonyl (C=O) groups is 1. The van der Waals surface area contributed by atoms with Gasteiger partial charge >= 0.3 is 0 Å². The molecule has 1 aromatic heterocycles. The molecule has 0 radical (unpaired) electrons. The topological polar surface area (TPSA) is 87.0 Å². The Balaban J connectivity index is 1.64. The molecule has 1 aliphatic heterocycles. The van der Waals surface area contributed by atoms with E-state index in [1.54, 1.807) is 18.7 Å². The Hall–Kier alpha value is -2.39. The summed E-state index contributed by atoms with van der Waals surface area (Å²) in [5.74, 6) is 0.216. The lowest BCUT2D eigenvalue weighted by Gasteiger charge is -2.34. The average Bonchev–Trinajstić information content (AvgIpc) is 3.13. The summed E-state index contributed by atoms with van der Waals surface area (Å²) in [7, 11) is -3.69. The van der Waals surface area contributed by atoms with Gasteiger partial charge in [-0.2, -0.15) is 4.31 Å². The van der Waals surface area contributed by atoms with Crippen LogP contribution < -0.4 is 4.90 Å². The Labute approximate surface area is 184 Å². The number of rotatable bonds is 8. The molecule has 0 aliphatic carbocycles. The van der Waals surface area contributed by atoms with Gasteiger partial charge in [0, 0.05) is 50.5 Å². The zero-order chi connectivity index (χ0) is 22.6. The second kappa shape index (κ2) is 9.82. The van der Waals surface area contributed by atoms with Crippen molar-refractivity contribution in [2.24, 2.45) is 0 Å². The van der Waals surface area contributed by atoms with Crippen LogP contribution in [0.25, 0.3) is 0 Å². The van der Waals surface area contributed by atoms with Crippen LogP contribution in [0.4, 0.5) is 5.69 Å². The molecule has 9 heteroatoms. The van der Waals surface area contributed by atoms with E-state index in [1.165, 1.54) is 4.31 Å². The molecule has 31 heavy (non-hydrogen) atoms. The Kier molecular flexibility index (Phi) is 7.38. The molecule has 3 rings (SSSR count). The number of aryl methyl sites for hydroxylation is 2. The monoisotopic (exact) mass is 448 g/mol. The fourth-order valence-corrected chi connectivity index (χ4v) is 5.63. The van der Waals surface area contributed by atoms with Gasteiger partial charge in [-0.05, 0) is 51.5 Å². The second-order valence-corrected chi connectivity index (χ2v) is 9.70. The SMILES string of the molecule is CCCCN(CC)c1ccc(C(=O)N2CCN(S(=O)(=O)c3c(C)noc3C)CC2)cc1. The fraction of sp³-hybridized carbons (Fsp3) is 0.545. The summed E-state index contributed by atoms with van der Waals surface area (Å²) in [6.45, 7) is 10.6. The number of hydrogen-bond donors (Lipinski definition) is 0. The van der Waals surface area contributed by atoms with E-state index >= 15 is 0 Å². The molecule has 8 nitrogen and oxygen atoms in total. The van der Waals surface area contributed by atoms with Crippen molar-refractivity contribution in [3.8, 4) is 0 Å². The summed E-state index contributed by atoms with van der Waals surface area (Å²) in [6.07, 6.45) is 2.28. The highest BCUT2D eigenvalue weighted by Gasteiger charge is 2.34. The van der Waals surface area contributed by atoms with Crippen molar-refractivity contribution in [3.63, 3.8) is 0 Å². The van der Waals surface area contributed by atoms with Crippen molar-refractivity contribution in [1.82, 2.24) is 14.4 Å². The molecule has 2 aromatic rings. The normalized spacial score (nSPS) is 15.3. The first-order chi connectivity index (χ1) is 14.8. The second-order valence-electron chi connectivity index (χ2n) is 7.83. The molecule has 1 saturated heterocycles. The molecule has 1 aromatic carbocycles. The molecule has 2 heterocycles. The summed E-state index contributed by atoms with van der Waals surface area (Å²) < 4.78 is 32.3. The third-order valence-corrected chi connectivity index (χ3v) is 7.88. The lowest BCUT2D eigenvalue weighted by Crippen LogP contribution is -2.50. The number of amides is 1. The van der Waals surface area contributed by atoms with Gasteiger partial charge in [-0.25, -0.2) is 8.42 Å². The van der Waals surface area contributed by atoms with E-state index < -0.39 is 10.0 Å². The van der Waals surface area contributed by atoms with Crippen molar-refractivity contribution in [3.05, 3.63) is 41.3 Å². The number of anilines is 1. The Morgan fingerprint density at radius 1 is 1.10 bits per heavy atom. The summed E-state index contributed by atoms with van der Waals surface area (Å²) in [4.78, 5) is 17.1. The summed E-state index contributed by atoms with van der Waals surface area (Å²) in [5.41, 5.74) is 2.09. The molecular formula is C22H32N4O4S. The van der Waals surface area contributed by atoms with Crippen LogP contribution in [0.15, 0.2) is 33.7 Å². The van der Waals surface area contributed by atoms with Crippen LogP contribution in [0.5, 0.6) is 0 Å². The molecule has 1 amide bonds. The first-order valence-corrected chi connectivity index (χ1v) is 12.3. The van der Waals surface area contributed by atoms with Crippen LogP contribution in [0.1, 0.15) is 48.5 Å². The van der Waals surface area contributed by atoms with E-state index in [9.17, 15) is 13.2 Å². The van der Waals surface area contributed by atoms with Crippen LogP contribution in [-0.2, 0) is 10.0 Å². The van der Waals surface area contributed by atoms with Gasteiger partial charge < -0.3 is 14.3 Å². The average molecular weight is 449 g/mol. The molecule has 1 fully saturated rings. The minimum atomic E-state index is -3.69. The smallest absolute Gasteiger partial charge is 0.253 e. The Morgan fingerprint density at radius 3 is 2.26 bits per heavy atom. The maximum absolute atomic E-state index is 13.0. The predicted octanol–water partition coefficient (Wildman–Crippen LogP) is 3.06. The first kappa shape index (κ1) is 23.3. The van der Waals surface area contributed by atoms with E-state index in [1.807, 2.05) is 24.3 Å². The Bertz CT molecular complexity index is 974. The van der Waals surface area contributed by atoms with Crippen molar-refractivity contribution in [1.29, 1.82) is 0 Å². The standard InChI is InChI=1S/C22H32N4O4S/c1-5-7-12-24(6-2)20-10-8-19(9-11-20)22(27)25-13-15-26(16-14-25)31(28,29)21-17(3)23-30-18(21)4/h8-11H,5-7,12-16H2,1-4H3. The number of aromatic nitrogens is 1. The number of sulfonamides is 1.